The average molecular weight is 495 g/mol. The second kappa shape index (κ2) is 12.1. The van der Waals surface area contributed by atoms with Crippen LogP contribution < -0.4 is 0 Å². The summed E-state index contributed by atoms with van der Waals surface area (Å²) in [5.41, 5.74) is 1.76. The molecule has 1 atom stereocenters. The van der Waals surface area contributed by atoms with E-state index in [0.29, 0.717) is 26.2 Å². The van der Waals surface area contributed by atoms with E-state index in [9.17, 15) is 14.0 Å². The lowest BCUT2D eigenvalue weighted by atomic mass is 10.1. The zero-order valence-electron chi connectivity index (χ0n) is 20.0. The molecule has 0 spiro atoms. The van der Waals surface area contributed by atoms with Crippen molar-refractivity contribution in [1.29, 1.82) is 0 Å². The average Bonchev–Trinajstić information content (AvgIpc) is 3.51. The molecule has 1 aliphatic heterocycles. The minimum atomic E-state index is -0.310. The van der Waals surface area contributed by atoms with Gasteiger partial charge in [-0.3, -0.25) is 9.59 Å². The molecule has 1 fully saturated rings. The van der Waals surface area contributed by atoms with Gasteiger partial charge >= 0.3 is 0 Å². The molecule has 0 N–H and O–H groups in total. The number of benzene rings is 2. The molecule has 0 saturated carbocycles. The third-order valence-electron chi connectivity index (χ3n) is 6.11. The molecule has 2 heterocycles. The highest BCUT2D eigenvalue weighted by Gasteiger charge is 2.26. The Morgan fingerprint density at radius 2 is 1.71 bits per heavy atom. The van der Waals surface area contributed by atoms with Crippen LogP contribution in [0.1, 0.15) is 33.7 Å². The third kappa shape index (κ3) is 7.47. The van der Waals surface area contributed by atoms with Crippen LogP contribution in [0.15, 0.2) is 66.7 Å². The van der Waals surface area contributed by atoms with E-state index in [1.165, 1.54) is 17.0 Å². The van der Waals surface area contributed by atoms with E-state index in [2.05, 4.69) is 0 Å². The Balaban J connectivity index is 1.51. The minimum Gasteiger partial charge on any atom is -0.376 e. The molecule has 0 bridgehead atoms. The van der Waals surface area contributed by atoms with Gasteiger partial charge in [-0.2, -0.15) is 0 Å². The number of carbonyl (C=O) groups excluding carboxylic acids is 2. The van der Waals surface area contributed by atoms with Gasteiger partial charge in [0.15, 0.2) is 0 Å². The SMILES string of the molecule is Cc1ccc(CN(Cc2ccc(F)cc2)C(=O)CN(C[C@H]2CCCO2)C(=O)Cc2ccccc2)s1. The highest BCUT2D eigenvalue weighted by atomic mass is 32.1. The first-order valence-electron chi connectivity index (χ1n) is 12.0. The van der Waals surface area contributed by atoms with Crippen LogP contribution in [0, 0.1) is 12.7 Å². The van der Waals surface area contributed by atoms with Crippen molar-refractivity contribution in [3.63, 3.8) is 0 Å². The second-order valence-electron chi connectivity index (χ2n) is 8.96. The molecular weight excluding hydrogens is 463 g/mol. The van der Waals surface area contributed by atoms with Gasteiger partial charge in [0.05, 0.1) is 25.6 Å². The molecule has 35 heavy (non-hydrogen) atoms. The van der Waals surface area contributed by atoms with Crippen molar-refractivity contribution in [2.45, 2.75) is 45.4 Å². The molecule has 0 radical (unpaired) electrons. The summed E-state index contributed by atoms with van der Waals surface area (Å²) >= 11 is 1.65. The van der Waals surface area contributed by atoms with Gasteiger partial charge in [0, 0.05) is 29.5 Å². The van der Waals surface area contributed by atoms with Gasteiger partial charge in [0.25, 0.3) is 0 Å². The van der Waals surface area contributed by atoms with Crippen molar-refractivity contribution in [1.82, 2.24) is 9.80 Å². The normalized spacial score (nSPS) is 15.2. The van der Waals surface area contributed by atoms with Crippen molar-refractivity contribution < 1.29 is 18.7 Å². The summed E-state index contributed by atoms with van der Waals surface area (Å²) in [5, 5.41) is 0. The molecule has 0 aliphatic carbocycles. The highest BCUT2D eigenvalue weighted by Crippen LogP contribution is 2.20. The van der Waals surface area contributed by atoms with Gasteiger partial charge in [0.1, 0.15) is 5.82 Å². The van der Waals surface area contributed by atoms with Crippen molar-refractivity contribution in [2.75, 3.05) is 19.7 Å². The van der Waals surface area contributed by atoms with Crippen molar-refractivity contribution in [2.24, 2.45) is 0 Å². The minimum absolute atomic E-state index is 0.0168. The van der Waals surface area contributed by atoms with E-state index < -0.39 is 0 Å². The van der Waals surface area contributed by atoms with Crippen molar-refractivity contribution in [3.8, 4) is 0 Å². The fraction of sp³-hybridized carbons (Fsp3) is 0.357. The van der Waals surface area contributed by atoms with Gasteiger partial charge in [0.2, 0.25) is 11.8 Å². The van der Waals surface area contributed by atoms with Gasteiger partial charge in [-0.1, -0.05) is 42.5 Å². The molecule has 0 unspecified atom stereocenters. The fourth-order valence-electron chi connectivity index (χ4n) is 4.23. The summed E-state index contributed by atoms with van der Waals surface area (Å²) in [6.07, 6.45) is 2.04. The van der Waals surface area contributed by atoms with Crippen LogP contribution >= 0.6 is 11.3 Å². The van der Waals surface area contributed by atoms with E-state index in [1.807, 2.05) is 49.4 Å². The molecule has 1 aromatic heterocycles. The number of hydrogen-bond donors (Lipinski definition) is 0. The number of halogens is 1. The first kappa shape index (κ1) is 25.1. The van der Waals surface area contributed by atoms with Crippen LogP contribution in [0.5, 0.6) is 0 Å². The molecular formula is C28H31FN2O3S. The summed E-state index contributed by atoms with van der Waals surface area (Å²) < 4.78 is 19.2. The maximum atomic E-state index is 13.6. The standard InChI is InChI=1S/C28H31FN2O3S/c1-21-9-14-26(35-21)19-30(17-23-10-12-24(29)13-11-23)28(33)20-31(18-25-8-5-15-34-25)27(32)16-22-6-3-2-4-7-22/h2-4,6-7,9-14,25H,5,8,15-20H2,1H3/t25-/m1/s1. The largest absolute Gasteiger partial charge is 0.376 e. The smallest absolute Gasteiger partial charge is 0.242 e. The Morgan fingerprint density at radius 3 is 2.37 bits per heavy atom. The molecule has 3 aromatic rings. The Morgan fingerprint density at radius 1 is 0.943 bits per heavy atom. The summed E-state index contributed by atoms with van der Waals surface area (Å²) in [4.78, 5) is 32.5. The van der Waals surface area contributed by atoms with E-state index in [1.54, 1.807) is 33.3 Å². The molecule has 1 aliphatic rings. The van der Waals surface area contributed by atoms with Gasteiger partial charge < -0.3 is 14.5 Å². The van der Waals surface area contributed by atoms with Crippen molar-refractivity contribution >= 4 is 23.2 Å². The highest BCUT2D eigenvalue weighted by molar-refractivity contribution is 7.11. The van der Waals surface area contributed by atoms with E-state index in [0.717, 1.165) is 28.8 Å². The van der Waals surface area contributed by atoms with Crippen molar-refractivity contribution in [3.05, 3.63) is 93.4 Å². The lowest BCUT2D eigenvalue weighted by Gasteiger charge is -2.29. The Labute approximate surface area is 210 Å². The Kier molecular flexibility index (Phi) is 8.66. The van der Waals surface area contributed by atoms with Crippen LogP contribution in [0.3, 0.4) is 0 Å². The molecule has 184 valence electrons. The number of aryl methyl sites for hydroxylation is 1. The predicted octanol–water partition coefficient (Wildman–Crippen LogP) is 4.97. The lowest BCUT2D eigenvalue weighted by Crippen LogP contribution is -2.45. The van der Waals surface area contributed by atoms with Gasteiger partial charge in [-0.25, -0.2) is 4.39 Å². The van der Waals surface area contributed by atoms with Crippen LogP contribution in [0.25, 0.3) is 0 Å². The second-order valence-corrected chi connectivity index (χ2v) is 10.3. The number of hydrogen-bond acceptors (Lipinski definition) is 4. The number of thiophene rings is 1. The number of amides is 2. The maximum Gasteiger partial charge on any atom is 0.242 e. The number of ether oxygens (including phenoxy) is 1. The molecule has 4 rings (SSSR count). The molecule has 2 amide bonds. The number of rotatable bonds is 10. The van der Waals surface area contributed by atoms with Gasteiger partial charge in [-0.15, -0.1) is 11.3 Å². The van der Waals surface area contributed by atoms with Crippen LogP contribution in [0.4, 0.5) is 4.39 Å². The zero-order valence-corrected chi connectivity index (χ0v) is 20.8. The third-order valence-corrected chi connectivity index (χ3v) is 7.09. The number of nitrogens with zero attached hydrogens (tertiary/aromatic N) is 2. The fourth-order valence-corrected chi connectivity index (χ4v) is 5.14. The zero-order chi connectivity index (χ0) is 24.6. The summed E-state index contributed by atoms with van der Waals surface area (Å²) in [7, 11) is 0. The number of carbonyl (C=O) groups is 2. The van der Waals surface area contributed by atoms with Crippen LogP contribution in [-0.2, 0) is 33.8 Å². The van der Waals surface area contributed by atoms with E-state index in [4.69, 9.17) is 4.74 Å². The lowest BCUT2D eigenvalue weighted by molar-refractivity contribution is -0.142. The van der Waals surface area contributed by atoms with E-state index in [-0.39, 0.29) is 36.7 Å². The Bertz CT molecular complexity index is 1110. The first-order valence-corrected chi connectivity index (χ1v) is 12.8. The molecule has 2 aromatic carbocycles. The molecule has 7 heteroatoms. The predicted molar refractivity (Wildman–Crippen MR) is 135 cm³/mol. The first-order chi connectivity index (χ1) is 17.0. The summed E-state index contributed by atoms with van der Waals surface area (Å²) in [6, 6.07) is 19.8. The van der Waals surface area contributed by atoms with Crippen LogP contribution in [0.2, 0.25) is 0 Å². The quantitative estimate of drug-likeness (QED) is 0.400. The molecule has 1 saturated heterocycles. The summed E-state index contributed by atoms with van der Waals surface area (Å²) in [5.74, 6) is -0.539. The topological polar surface area (TPSA) is 49.9 Å². The van der Waals surface area contributed by atoms with Gasteiger partial charge in [-0.05, 0) is 55.2 Å². The Hall–Kier alpha value is -3.03. The summed E-state index contributed by atoms with van der Waals surface area (Å²) in [6.45, 7) is 3.89. The van der Waals surface area contributed by atoms with E-state index >= 15 is 0 Å². The molecule has 5 nitrogen and oxygen atoms in total. The monoisotopic (exact) mass is 494 g/mol. The van der Waals surface area contributed by atoms with Crippen LogP contribution in [-0.4, -0.2) is 47.4 Å². The maximum absolute atomic E-state index is 13.6.